The molecule has 1 aromatic rings. The maximum absolute atomic E-state index is 11.8. The number of aromatic nitrogens is 1. The topological polar surface area (TPSA) is 51.2 Å². The van der Waals surface area contributed by atoms with Gasteiger partial charge in [-0.2, -0.15) is 0 Å². The van der Waals surface area contributed by atoms with Crippen LogP contribution in [0.4, 0.5) is 4.79 Å². The maximum Gasteiger partial charge on any atom is 0.408 e. The van der Waals surface area contributed by atoms with Crippen molar-refractivity contribution in [3.8, 4) is 0 Å². The number of carbonyl (C=O) groups excluding carboxylic acids is 1. The van der Waals surface area contributed by atoms with Crippen LogP contribution >= 0.6 is 27.3 Å². The van der Waals surface area contributed by atoms with Gasteiger partial charge in [-0.3, -0.25) is 0 Å². The van der Waals surface area contributed by atoms with Crippen LogP contribution in [0.1, 0.15) is 45.0 Å². The highest BCUT2D eigenvalue weighted by Gasteiger charge is 2.70. The Morgan fingerprint density at radius 1 is 1.47 bits per heavy atom. The van der Waals surface area contributed by atoms with Gasteiger partial charge in [-0.05, 0) is 56.0 Å². The second kappa shape index (κ2) is 3.95. The fourth-order valence-electron chi connectivity index (χ4n) is 3.17. The summed E-state index contributed by atoms with van der Waals surface area (Å²) in [7, 11) is 0. The largest absolute Gasteiger partial charge is 0.444 e. The highest BCUT2D eigenvalue weighted by Crippen LogP contribution is 2.68. The highest BCUT2D eigenvalue weighted by atomic mass is 79.9. The van der Waals surface area contributed by atoms with Gasteiger partial charge in [0.05, 0.1) is 0 Å². The summed E-state index contributed by atoms with van der Waals surface area (Å²) in [6.45, 7) is 5.63. The van der Waals surface area contributed by atoms with Crippen molar-refractivity contribution in [2.24, 2.45) is 0 Å². The molecule has 4 nitrogen and oxygen atoms in total. The number of carbonyl (C=O) groups is 1. The van der Waals surface area contributed by atoms with Gasteiger partial charge in [0.2, 0.25) is 0 Å². The van der Waals surface area contributed by atoms with Crippen LogP contribution in [0.25, 0.3) is 0 Å². The molecule has 1 amide bonds. The number of amides is 1. The van der Waals surface area contributed by atoms with E-state index in [0.29, 0.717) is 0 Å². The summed E-state index contributed by atoms with van der Waals surface area (Å²) in [5.74, 6) is 0. The van der Waals surface area contributed by atoms with Gasteiger partial charge in [0.15, 0.2) is 0 Å². The van der Waals surface area contributed by atoms with Crippen LogP contribution in [-0.2, 0) is 10.2 Å². The van der Waals surface area contributed by atoms with E-state index < -0.39 is 5.60 Å². The minimum atomic E-state index is -0.439. The van der Waals surface area contributed by atoms with E-state index in [1.165, 1.54) is 5.01 Å². The summed E-state index contributed by atoms with van der Waals surface area (Å²) in [4.78, 5) is 16.3. The van der Waals surface area contributed by atoms with E-state index in [1.807, 2.05) is 26.2 Å². The molecule has 0 spiro atoms. The summed E-state index contributed by atoms with van der Waals surface area (Å²) < 4.78 is 6.21. The molecule has 1 heterocycles. The zero-order valence-corrected chi connectivity index (χ0v) is 13.7. The summed E-state index contributed by atoms with van der Waals surface area (Å²) in [5, 5.41) is 6.23. The molecule has 0 aromatic carbocycles. The van der Waals surface area contributed by atoms with Crippen molar-refractivity contribution in [3.05, 3.63) is 15.0 Å². The van der Waals surface area contributed by atoms with Gasteiger partial charge < -0.3 is 10.1 Å². The molecule has 0 radical (unpaired) electrons. The summed E-state index contributed by atoms with van der Waals surface area (Å²) in [6, 6.07) is 0. The van der Waals surface area contributed by atoms with Crippen molar-refractivity contribution in [1.82, 2.24) is 10.3 Å². The van der Waals surface area contributed by atoms with Crippen molar-refractivity contribution in [3.63, 3.8) is 0 Å². The van der Waals surface area contributed by atoms with Crippen LogP contribution in [0.15, 0.2) is 9.98 Å². The first-order valence-corrected chi connectivity index (χ1v) is 8.02. The molecule has 1 N–H and O–H groups in total. The number of halogens is 1. The van der Waals surface area contributed by atoms with Gasteiger partial charge in [0.1, 0.15) is 15.2 Å². The van der Waals surface area contributed by atoms with Gasteiger partial charge in [0.25, 0.3) is 0 Å². The fourth-order valence-corrected chi connectivity index (χ4v) is 4.62. The third-order valence-electron chi connectivity index (χ3n) is 3.73. The SMILES string of the molecule is CC(C)(C)OC(=O)NC12CC(c3nc(Br)cs3)(C1)C2. The Labute approximate surface area is 125 Å². The Hall–Kier alpha value is -0.620. The molecular weight excluding hydrogens is 328 g/mol. The molecule has 6 heteroatoms. The van der Waals surface area contributed by atoms with Gasteiger partial charge in [0, 0.05) is 16.3 Å². The van der Waals surface area contributed by atoms with Gasteiger partial charge in [-0.1, -0.05) is 0 Å². The lowest BCUT2D eigenvalue weighted by Crippen LogP contribution is -2.76. The Morgan fingerprint density at radius 2 is 2.11 bits per heavy atom. The van der Waals surface area contributed by atoms with Crippen LogP contribution in [0, 0.1) is 0 Å². The smallest absolute Gasteiger partial charge is 0.408 e. The number of hydrogen-bond acceptors (Lipinski definition) is 4. The third kappa shape index (κ3) is 2.29. The molecule has 0 unspecified atom stereocenters. The van der Waals surface area contributed by atoms with E-state index in [2.05, 4.69) is 26.2 Å². The van der Waals surface area contributed by atoms with Crippen molar-refractivity contribution < 1.29 is 9.53 Å². The minimum Gasteiger partial charge on any atom is -0.444 e. The van der Waals surface area contributed by atoms with Crippen molar-refractivity contribution in [2.75, 3.05) is 0 Å². The highest BCUT2D eigenvalue weighted by molar-refractivity contribution is 9.10. The Kier molecular flexibility index (Phi) is 2.78. The number of thiazole rings is 1. The number of hydrogen-bond donors (Lipinski definition) is 1. The normalized spacial score (nSPS) is 32.2. The number of alkyl carbamates (subject to hydrolysis) is 1. The van der Waals surface area contributed by atoms with Crippen molar-refractivity contribution in [2.45, 2.75) is 56.6 Å². The number of nitrogens with zero attached hydrogens (tertiary/aromatic N) is 1. The summed E-state index contributed by atoms with van der Waals surface area (Å²) >= 11 is 5.09. The number of ether oxygens (including phenoxy) is 1. The molecule has 3 aliphatic rings. The van der Waals surface area contributed by atoms with Crippen molar-refractivity contribution in [1.29, 1.82) is 0 Å². The van der Waals surface area contributed by atoms with Crippen LogP contribution < -0.4 is 5.32 Å². The van der Waals surface area contributed by atoms with E-state index in [-0.39, 0.29) is 17.0 Å². The summed E-state index contributed by atoms with van der Waals surface area (Å²) in [5.41, 5.74) is -0.266. The van der Waals surface area contributed by atoms with Crippen LogP contribution in [0.3, 0.4) is 0 Å². The predicted octanol–water partition coefficient (Wildman–Crippen LogP) is 3.60. The average Bonchev–Trinajstić information content (AvgIpc) is 2.52. The van der Waals surface area contributed by atoms with Crippen molar-refractivity contribution >= 4 is 33.4 Å². The molecule has 0 aliphatic heterocycles. The Bertz CT molecular complexity index is 515. The molecule has 104 valence electrons. The lowest BCUT2D eigenvalue weighted by atomic mass is 9.39. The molecule has 0 saturated heterocycles. The molecule has 2 bridgehead atoms. The van der Waals surface area contributed by atoms with Crippen LogP contribution in [0.2, 0.25) is 0 Å². The lowest BCUT2D eigenvalue weighted by Gasteiger charge is -2.69. The third-order valence-corrected chi connectivity index (χ3v) is 5.52. The van der Waals surface area contributed by atoms with Gasteiger partial charge in [-0.25, -0.2) is 9.78 Å². The molecule has 19 heavy (non-hydrogen) atoms. The molecular formula is C13H17BrN2O2S. The van der Waals surface area contributed by atoms with Gasteiger partial charge >= 0.3 is 6.09 Å². The van der Waals surface area contributed by atoms with Gasteiger partial charge in [-0.15, -0.1) is 11.3 Å². The molecule has 4 rings (SSSR count). The second-order valence-electron chi connectivity index (χ2n) is 6.69. The first-order chi connectivity index (χ1) is 8.72. The molecule has 0 atom stereocenters. The quantitative estimate of drug-likeness (QED) is 0.891. The zero-order chi connectivity index (χ0) is 13.9. The molecule has 1 aromatic heterocycles. The molecule has 3 saturated carbocycles. The van der Waals surface area contributed by atoms with E-state index in [4.69, 9.17) is 4.74 Å². The standard InChI is InChI=1S/C13H17BrN2O2S/c1-11(2,3)18-10(17)16-13-5-12(6-13,7-13)9-15-8(14)4-19-9/h4H,5-7H2,1-3H3,(H,16,17). The predicted molar refractivity (Wildman–Crippen MR) is 77.4 cm³/mol. The van der Waals surface area contributed by atoms with E-state index >= 15 is 0 Å². The van der Waals surface area contributed by atoms with E-state index in [9.17, 15) is 4.79 Å². The van der Waals surface area contributed by atoms with E-state index in [0.717, 1.165) is 23.9 Å². The first-order valence-electron chi connectivity index (χ1n) is 6.35. The maximum atomic E-state index is 11.8. The van der Waals surface area contributed by atoms with E-state index in [1.54, 1.807) is 11.3 Å². The number of rotatable bonds is 2. The Morgan fingerprint density at radius 3 is 2.58 bits per heavy atom. The fraction of sp³-hybridized carbons (Fsp3) is 0.692. The number of nitrogens with one attached hydrogen (secondary N) is 1. The van der Waals surface area contributed by atoms with Crippen LogP contribution in [0.5, 0.6) is 0 Å². The first kappa shape index (κ1) is 13.4. The monoisotopic (exact) mass is 344 g/mol. The molecule has 3 aliphatic carbocycles. The van der Waals surface area contributed by atoms with Crippen LogP contribution in [-0.4, -0.2) is 22.2 Å². The average molecular weight is 345 g/mol. The summed E-state index contributed by atoms with van der Waals surface area (Å²) in [6.07, 6.45) is 2.65. The molecule has 3 fully saturated rings. The minimum absolute atomic E-state index is 0.0412. The second-order valence-corrected chi connectivity index (χ2v) is 8.36. The zero-order valence-electron chi connectivity index (χ0n) is 11.2. The Balaban J connectivity index is 1.57. The lowest BCUT2D eigenvalue weighted by molar-refractivity contribution is -0.0885.